The molecule has 18 heavy (non-hydrogen) atoms. The van der Waals surface area contributed by atoms with Gasteiger partial charge in [-0.1, -0.05) is 32.9 Å². The first kappa shape index (κ1) is 18.9. The van der Waals surface area contributed by atoms with E-state index in [1.807, 2.05) is 26.8 Å². The van der Waals surface area contributed by atoms with Crippen LogP contribution in [-0.2, 0) is 4.79 Å². The van der Waals surface area contributed by atoms with E-state index in [1.165, 1.54) is 6.42 Å². The number of aliphatic imine (C=N–C) groups is 1. The van der Waals surface area contributed by atoms with Crippen molar-refractivity contribution in [1.82, 2.24) is 0 Å². The number of carbonyl (C=O) groups excluding carboxylic acids is 1. The Hall–Kier alpha value is -1.44. The standard InChI is InChI=1S/C13H19NO.C3H8/c1-9(2)13(8-14-6)11(4)7-10(3)12(5)15;1-3-2/h7-8H,1H2,2-6H3;3H2,1-2H3/b10-7+,13-11+,14-8?;. The Bertz CT molecular complexity index is 371. The fourth-order valence-corrected chi connectivity index (χ4v) is 1.18. The highest BCUT2D eigenvalue weighted by Crippen LogP contribution is 2.13. The maximum absolute atomic E-state index is 11.1. The molecule has 0 bridgehead atoms. The Labute approximate surface area is 112 Å². The molecular formula is C16H27NO. The second-order valence-electron chi connectivity index (χ2n) is 4.35. The lowest BCUT2D eigenvalue weighted by atomic mass is 10.0. The van der Waals surface area contributed by atoms with Crippen LogP contribution in [0.15, 0.2) is 39.9 Å². The van der Waals surface area contributed by atoms with Gasteiger partial charge < -0.3 is 0 Å². The summed E-state index contributed by atoms with van der Waals surface area (Å²) in [6.45, 7) is 15.4. The predicted molar refractivity (Wildman–Crippen MR) is 82.3 cm³/mol. The fraction of sp³-hybridized carbons (Fsp3) is 0.500. The summed E-state index contributed by atoms with van der Waals surface area (Å²) in [4.78, 5) is 15.1. The minimum absolute atomic E-state index is 0.0869. The van der Waals surface area contributed by atoms with E-state index in [0.717, 1.165) is 22.3 Å². The van der Waals surface area contributed by atoms with Crippen LogP contribution in [0.5, 0.6) is 0 Å². The number of nitrogens with zero attached hydrogens (tertiary/aromatic N) is 1. The number of rotatable bonds is 4. The molecule has 2 heteroatoms. The number of hydrogen-bond acceptors (Lipinski definition) is 2. The van der Waals surface area contributed by atoms with Gasteiger partial charge in [-0.05, 0) is 50.0 Å². The van der Waals surface area contributed by atoms with Gasteiger partial charge in [0.05, 0.1) is 0 Å². The average Bonchev–Trinajstić information content (AvgIpc) is 2.25. The second-order valence-corrected chi connectivity index (χ2v) is 4.35. The van der Waals surface area contributed by atoms with Crippen LogP contribution in [0.4, 0.5) is 0 Å². The molecule has 0 fully saturated rings. The van der Waals surface area contributed by atoms with Crippen LogP contribution in [0.3, 0.4) is 0 Å². The van der Waals surface area contributed by atoms with Crippen molar-refractivity contribution in [2.45, 2.75) is 48.0 Å². The highest BCUT2D eigenvalue weighted by atomic mass is 16.1. The van der Waals surface area contributed by atoms with Crippen molar-refractivity contribution in [3.63, 3.8) is 0 Å². The largest absolute Gasteiger partial charge is 0.296 e. The van der Waals surface area contributed by atoms with E-state index in [9.17, 15) is 4.79 Å². The zero-order valence-corrected chi connectivity index (χ0v) is 12.9. The minimum atomic E-state index is 0.0869. The van der Waals surface area contributed by atoms with Gasteiger partial charge in [0, 0.05) is 13.3 Å². The molecule has 0 aliphatic carbocycles. The molecule has 0 unspecified atom stereocenters. The van der Waals surface area contributed by atoms with Crippen LogP contribution < -0.4 is 0 Å². The molecule has 0 aromatic heterocycles. The van der Waals surface area contributed by atoms with Gasteiger partial charge in [0.1, 0.15) is 0 Å². The molecule has 0 aromatic rings. The van der Waals surface area contributed by atoms with Gasteiger partial charge in [-0.25, -0.2) is 0 Å². The van der Waals surface area contributed by atoms with E-state index in [4.69, 9.17) is 0 Å². The number of allylic oxidation sites excluding steroid dienone is 5. The molecule has 0 N–H and O–H groups in total. The zero-order valence-electron chi connectivity index (χ0n) is 12.9. The van der Waals surface area contributed by atoms with Crippen LogP contribution in [0.25, 0.3) is 0 Å². The minimum Gasteiger partial charge on any atom is -0.296 e. The molecule has 0 saturated heterocycles. The molecule has 102 valence electrons. The van der Waals surface area contributed by atoms with Gasteiger partial charge >= 0.3 is 0 Å². The highest BCUT2D eigenvalue weighted by Gasteiger charge is 2.01. The van der Waals surface area contributed by atoms with Gasteiger partial charge in [-0.2, -0.15) is 0 Å². The summed E-state index contributed by atoms with van der Waals surface area (Å²) in [6.07, 6.45) is 4.88. The summed E-state index contributed by atoms with van der Waals surface area (Å²) < 4.78 is 0. The van der Waals surface area contributed by atoms with E-state index < -0.39 is 0 Å². The SMILES string of the molecule is C=C(C)/C(C=NC)=C(C)/C=C(\C)C(C)=O.CCC. The maximum Gasteiger partial charge on any atom is 0.155 e. The van der Waals surface area contributed by atoms with Crippen LogP contribution in [-0.4, -0.2) is 19.0 Å². The number of carbonyl (C=O) groups is 1. The summed E-state index contributed by atoms with van der Waals surface area (Å²) in [5.41, 5.74) is 3.69. The number of Topliss-reactive ketones (excluding diaryl/α,β-unsaturated/α-hetero) is 1. The maximum atomic E-state index is 11.1. The smallest absolute Gasteiger partial charge is 0.155 e. The molecule has 0 amide bonds. The van der Waals surface area contributed by atoms with Crippen molar-refractivity contribution >= 4 is 12.0 Å². The van der Waals surface area contributed by atoms with Gasteiger partial charge in [0.15, 0.2) is 5.78 Å². The molecule has 0 aliphatic rings. The van der Waals surface area contributed by atoms with E-state index in [0.29, 0.717) is 0 Å². The summed E-state index contributed by atoms with van der Waals surface area (Å²) in [7, 11) is 1.72. The molecule has 0 spiro atoms. The third-order valence-corrected chi connectivity index (χ3v) is 2.13. The Balaban J connectivity index is 0. The molecule has 0 aliphatic heterocycles. The molecule has 0 aromatic carbocycles. The van der Waals surface area contributed by atoms with Crippen molar-refractivity contribution in [2.75, 3.05) is 7.05 Å². The van der Waals surface area contributed by atoms with Crippen molar-refractivity contribution in [3.8, 4) is 0 Å². The molecule has 0 heterocycles. The fourth-order valence-electron chi connectivity index (χ4n) is 1.18. The predicted octanol–water partition coefficient (Wildman–Crippen LogP) is 4.53. The van der Waals surface area contributed by atoms with Crippen molar-refractivity contribution in [2.24, 2.45) is 4.99 Å². The molecule has 0 radical (unpaired) electrons. The lowest BCUT2D eigenvalue weighted by molar-refractivity contribution is -0.113. The van der Waals surface area contributed by atoms with Crippen LogP contribution in [0, 0.1) is 0 Å². The van der Waals surface area contributed by atoms with Crippen LogP contribution >= 0.6 is 0 Å². The zero-order chi connectivity index (χ0) is 14.7. The molecule has 0 saturated carbocycles. The Kier molecular flexibility index (Phi) is 11.2. The summed E-state index contributed by atoms with van der Waals surface area (Å²) in [5.74, 6) is 0.0869. The normalized spacial score (nSPS) is 12.7. The third-order valence-electron chi connectivity index (χ3n) is 2.13. The molecule has 0 atom stereocenters. The first-order valence-corrected chi connectivity index (χ1v) is 6.29. The van der Waals surface area contributed by atoms with E-state index in [-0.39, 0.29) is 5.78 Å². The summed E-state index contributed by atoms with van der Waals surface area (Å²) in [6, 6.07) is 0. The first-order valence-electron chi connectivity index (χ1n) is 6.29. The van der Waals surface area contributed by atoms with Crippen molar-refractivity contribution in [3.05, 3.63) is 34.9 Å². The highest BCUT2D eigenvalue weighted by molar-refractivity contribution is 5.94. The van der Waals surface area contributed by atoms with Gasteiger partial charge in [-0.3, -0.25) is 9.79 Å². The quantitative estimate of drug-likeness (QED) is 0.409. The number of ketones is 1. The monoisotopic (exact) mass is 249 g/mol. The van der Waals surface area contributed by atoms with Gasteiger partial charge in [-0.15, -0.1) is 0 Å². The molecule has 0 rings (SSSR count). The van der Waals surface area contributed by atoms with Crippen LogP contribution in [0.1, 0.15) is 48.0 Å². The topological polar surface area (TPSA) is 29.4 Å². The molecule has 2 nitrogen and oxygen atoms in total. The first-order chi connectivity index (χ1) is 8.31. The Morgan fingerprint density at radius 2 is 1.61 bits per heavy atom. The second kappa shape index (κ2) is 10.7. The Morgan fingerprint density at radius 3 is 1.89 bits per heavy atom. The lowest BCUT2D eigenvalue weighted by Crippen LogP contribution is -1.95. The third kappa shape index (κ3) is 8.68. The van der Waals surface area contributed by atoms with Gasteiger partial charge in [0.2, 0.25) is 0 Å². The van der Waals surface area contributed by atoms with E-state index in [2.05, 4.69) is 25.4 Å². The summed E-state index contributed by atoms with van der Waals surface area (Å²) >= 11 is 0. The average molecular weight is 249 g/mol. The van der Waals surface area contributed by atoms with E-state index >= 15 is 0 Å². The summed E-state index contributed by atoms with van der Waals surface area (Å²) in [5, 5.41) is 0. The van der Waals surface area contributed by atoms with E-state index in [1.54, 1.807) is 20.2 Å². The lowest BCUT2D eigenvalue weighted by Gasteiger charge is -2.04. The van der Waals surface area contributed by atoms with Crippen molar-refractivity contribution in [1.29, 1.82) is 0 Å². The van der Waals surface area contributed by atoms with Gasteiger partial charge in [0.25, 0.3) is 0 Å². The van der Waals surface area contributed by atoms with Crippen molar-refractivity contribution < 1.29 is 4.79 Å². The van der Waals surface area contributed by atoms with Crippen LogP contribution in [0.2, 0.25) is 0 Å². The molecular weight excluding hydrogens is 222 g/mol. The number of hydrogen-bond donors (Lipinski definition) is 0. The Morgan fingerprint density at radius 1 is 1.17 bits per heavy atom.